The van der Waals surface area contributed by atoms with E-state index in [4.69, 9.17) is 9.47 Å². The van der Waals surface area contributed by atoms with Crippen molar-refractivity contribution < 1.29 is 35.9 Å². The summed E-state index contributed by atoms with van der Waals surface area (Å²) in [5.74, 6) is 0.787. The van der Waals surface area contributed by atoms with Gasteiger partial charge in [0.2, 0.25) is 5.91 Å². The minimum Gasteiger partial charge on any atom is -0.493 e. The Bertz CT molecular complexity index is 1330. The van der Waals surface area contributed by atoms with Crippen molar-refractivity contribution in [1.29, 1.82) is 0 Å². The van der Waals surface area contributed by atoms with Gasteiger partial charge < -0.3 is 14.8 Å². The third kappa shape index (κ3) is 6.85. The largest absolute Gasteiger partial charge is 0.493 e. The summed E-state index contributed by atoms with van der Waals surface area (Å²) < 4.78 is 76.5. The van der Waals surface area contributed by atoms with E-state index in [2.05, 4.69) is 10.0 Å². The Hall–Kier alpha value is -3.38. The molecule has 0 aromatic heterocycles. The first-order valence-corrected chi connectivity index (χ1v) is 12.8. The van der Waals surface area contributed by atoms with E-state index in [9.17, 15) is 26.4 Å². The van der Waals surface area contributed by atoms with Crippen LogP contribution in [0.2, 0.25) is 0 Å². The van der Waals surface area contributed by atoms with Crippen LogP contribution in [-0.2, 0) is 21.0 Å². The number of hydrogen-bond donors (Lipinski definition) is 2. The van der Waals surface area contributed by atoms with E-state index in [-0.39, 0.29) is 16.5 Å². The zero-order chi connectivity index (χ0) is 26.5. The molecule has 0 spiro atoms. The number of halogens is 3. The standard InChI is InChI=1S/C24H23F3N2O5S2/c1-15(35-19-9-12-21(33-2)22(14-19)34-3)23(30)28-17-7-10-20(11-8-17)36(31,32)29-18-6-4-5-16(13-18)24(25,26)27/h4-15,29H,1-3H3,(H,28,30)/t15-/m0/s1. The van der Waals surface area contributed by atoms with Crippen molar-refractivity contribution in [2.24, 2.45) is 0 Å². The number of carbonyl (C=O) groups is 1. The van der Waals surface area contributed by atoms with E-state index in [1.54, 1.807) is 25.1 Å². The van der Waals surface area contributed by atoms with Gasteiger partial charge in [-0.15, -0.1) is 11.8 Å². The van der Waals surface area contributed by atoms with Gasteiger partial charge in [0, 0.05) is 16.3 Å². The minimum absolute atomic E-state index is 0.175. The Morgan fingerprint density at radius 3 is 2.19 bits per heavy atom. The van der Waals surface area contributed by atoms with E-state index in [1.165, 1.54) is 56.3 Å². The third-order valence-electron chi connectivity index (χ3n) is 4.91. The summed E-state index contributed by atoms with van der Waals surface area (Å²) in [6.07, 6.45) is -4.60. The Morgan fingerprint density at radius 1 is 0.917 bits per heavy atom. The molecule has 0 unspecified atom stereocenters. The Balaban J connectivity index is 1.65. The smallest absolute Gasteiger partial charge is 0.416 e. The highest BCUT2D eigenvalue weighted by atomic mass is 32.2. The second kappa shape index (κ2) is 11.1. The molecule has 3 aromatic rings. The average molecular weight is 541 g/mol. The van der Waals surface area contributed by atoms with Crippen molar-refractivity contribution in [3.8, 4) is 11.5 Å². The van der Waals surface area contributed by atoms with Crippen LogP contribution in [0.25, 0.3) is 0 Å². The molecule has 1 atom stereocenters. The van der Waals surface area contributed by atoms with Crippen LogP contribution in [0.15, 0.2) is 76.5 Å². The number of alkyl halides is 3. The summed E-state index contributed by atoms with van der Waals surface area (Å²) >= 11 is 1.30. The predicted molar refractivity (Wildman–Crippen MR) is 132 cm³/mol. The lowest BCUT2D eigenvalue weighted by Crippen LogP contribution is -2.22. The molecule has 0 saturated heterocycles. The number of methoxy groups -OCH3 is 2. The molecule has 2 N–H and O–H groups in total. The number of sulfonamides is 1. The molecule has 0 aliphatic rings. The summed E-state index contributed by atoms with van der Waals surface area (Å²) in [5, 5.41) is 2.22. The average Bonchev–Trinajstić information content (AvgIpc) is 2.83. The Labute approximate surface area is 211 Å². The van der Waals surface area contributed by atoms with Crippen LogP contribution in [0.3, 0.4) is 0 Å². The van der Waals surface area contributed by atoms with Crippen molar-refractivity contribution in [2.45, 2.75) is 28.1 Å². The molecule has 3 rings (SSSR count). The fourth-order valence-corrected chi connectivity index (χ4v) is 5.03. The van der Waals surface area contributed by atoms with Crippen LogP contribution in [0, 0.1) is 0 Å². The van der Waals surface area contributed by atoms with Gasteiger partial charge in [0.25, 0.3) is 10.0 Å². The number of anilines is 2. The summed E-state index contributed by atoms with van der Waals surface area (Å²) in [6.45, 7) is 1.72. The SMILES string of the molecule is COc1ccc(S[C@@H](C)C(=O)Nc2ccc(S(=O)(=O)Nc3cccc(C(F)(F)F)c3)cc2)cc1OC. The lowest BCUT2D eigenvalue weighted by Gasteiger charge is -2.14. The molecule has 1 amide bonds. The highest BCUT2D eigenvalue weighted by molar-refractivity contribution is 8.00. The number of amides is 1. The molecular formula is C24H23F3N2O5S2. The highest BCUT2D eigenvalue weighted by Gasteiger charge is 2.30. The monoisotopic (exact) mass is 540 g/mol. The van der Waals surface area contributed by atoms with E-state index in [0.717, 1.165) is 17.0 Å². The van der Waals surface area contributed by atoms with Gasteiger partial charge in [-0.1, -0.05) is 6.07 Å². The van der Waals surface area contributed by atoms with Crippen molar-refractivity contribution in [1.82, 2.24) is 0 Å². The Kier molecular flexibility index (Phi) is 8.41. The quantitative estimate of drug-likeness (QED) is 0.341. The molecule has 12 heteroatoms. The molecule has 0 aliphatic heterocycles. The van der Waals surface area contributed by atoms with Crippen LogP contribution >= 0.6 is 11.8 Å². The summed E-state index contributed by atoms with van der Waals surface area (Å²) in [6, 6.07) is 14.5. The van der Waals surface area contributed by atoms with Gasteiger partial charge in [-0.25, -0.2) is 8.42 Å². The lowest BCUT2D eigenvalue weighted by molar-refractivity contribution is -0.137. The van der Waals surface area contributed by atoms with E-state index >= 15 is 0 Å². The minimum atomic E-state index is -4.60. The molecule has 0 heterocycles. The first-order valence-electron chi connectivity index (χ1n) is 10.4. The number of ether oxygens (including phenoxy) is 2. The number of carbonyl (C=O) groups excluding carboxylic acids is 1. The summed E-state index contributed by atoms with van der Waals surface area (Å²) in [5.41, 5.74) is -0.832. The van der Waals surface area contributed by atoms with Crippen molar-refractivity contribution in [2.75, 3.05) is 24.3 Å². The van der Waals surface area contributed by atoms with Gasteiger partial charge in [-0.05, 0) is 67.6 Å². The number of benzene rings is 3. The van der Waals surface area contributed by atoms with E-state index in [0.29, 0.717) is 23.3 Å². The normalized spacial score (nSPS) is 12.5. The Morgan fingerprint density at radius 2 is 1.58 bits per heavy atom. The second-order valence-corrected chi connectivity index (χ2v) is 10.6. The first-order chi connectivity index (χ1) is 16.9. The summed E-state index contributed by atoms with van der Waals surface area (Å²) in [4.78, 5) is 13.2. The van der Waals surface area contributed by atoms with E-state index in [1.807, 2.05) is 0 Å². The zero-order valence-electron chi connectivity index (χ0n) is 19.4. The molecule has 0 fully saturated rings. The van der Waals surface area contributed by atoms with Crippen LogP contribution in [0.1, 0.15) is 12.5 Å². The summed E-state index contributed by atoms with van der Waals surface area (Å²) in [7, 11) is -1.10. The fraction of sp³-hybridized carbons (Fsp3) is 0.208. The predicted octanol–water partition coefficient (Wildman–Crippen LogP) is 5.64. The maximum atomic E-state index is 12.9. The van der Waals surface area contributed by atoms with E-state index < -0.39 is 27.0 Å². The third-order valence-corrected chi connectivity index (χ3v) is 7.40. The van der Waals surface area contributed by atoms with Gasteiger partial charge >= 0.3 is 6.18 Å². The molecular weight excluding hydrogens is 517 g/mol. The maximum Gasteiger partial charge on any atom is 0.416 e. The molecule has 0 aliphatic carbocycles. The molecule has 0 saturated carbocycles. The van der Waals surface area contributed by atoms with Gasteiger partial charge in [-0.3, -0.25) is 9.52 Å². The lowest BCUT2D eigenvalue weighted by atomic mass is 10.2. The van der Waals surface area contributed by atoms with Gasteiger partial charge in [0.15, 0.2) is 11.5 Å². The van der Waals surface area contributed by atoms with Crippen molar-refractivity contribution in [3.63, 3.8) is 0 Å². The number of thioether (sulfide) groups is 1. The second-order valence-electron chi connectivity index (χ2n) is 7.47. The highest BCUT2D eigenvalue weighted by Crippen LogP contribution is 2.34. The first kappa shape index (κ1) is 27.2. The maximum absolute atomic E-state index is 12.9. The molecule has 36 heavy (non-hydrogen) atoms. The van der Waals surface area contributed by atoms with Crippen molar-refractivity contribution >= 4 is 39.1 Å². The molecule has 3 aromatic carbocycles. The molecule has 7 nitrogen and oxygen atoms in total. The number of nitrogens with one attached hydrogen (secondary N) is 2. The van der Waals surface area contributed by atoms with Gasteiger partial charge in [-0.2, -0.15) is 13.2 Å². The molecule has 0 radical (unpaired) electrons. The van der Waals surface area contributed by atoms with Crippen molar-refractivity contribution in [3.05, 3.63) is 72.3 Å². The van der Waals surface area contributed by atoms with Crippen LogP contribution in [0.4, 0.5) is 24.5 Å². The van der Waals surface area contributed by atoms with Crippen LogP contribution in [0.5, 0.6) is 11.5 Å². The van der Waals surface area contributed by atoms with Crippen LogP contribution in [-0.4, -0.2) is 33.8 Å². The fourth-order valence-electron chi connectivity index (χ4n) is 3.08. The molecule has 192 valence electrons. The number of rotatable bonds is 9. The van der Waals surface area contributed by atoms with Gasteiger partial charge in [0.05, 0.1) is 29.9 Å². The zero-order valence-corrected chi connectivity index (χ0v) is 21.1. The van der Waals surface area contributed by atoms with Crippen LogP contribution < -0.4 is 19.5 Å². The molecule has 0 bridgehead atoms. The number of hydrogen-bond acceptors (Lipinski definition) is 6. The topological polar surface area (TPSA) is 93.7 Å². The van der Waals surface area contributed by atoms with Gasteiger partial charge in [0.1, 0.15) is 0 Å².